The molecular weight excluding hydrogens is 364 g/mol. The Morgan fingerprint density at radius 1 is 0.483 bits per heavy atom. The molecule has 4 nitrogen and oxygen atoms in total. The van der Waals surface area contributed by atoms with Crippen LogP contribution in [0, 0.1) is 0 Å². The Morgan fingerprint density at radius 2 is 1.03 bits per heavy atom. The lowest BCUT2D eigenvalue weighted by Gasteiger charge is -2.33. The van der Waals surface area contributed by atoms with E-state index in [-0.39, 0.29) is 5.60 Å². The van der Waals surface area contributed by atoms with E-state index < -0.39 is 0 Å². The van der Waals surface area contributed by atoms with E-state index in [9.17, 15) is 0 Å². The van der Waals surface area contributed by atoms with Gasteiger partial charge in [-0.2, -0.15) is 0 Å². The predicted molar refractivity (Wildman–Crippen MR) is 124 cm³/mol. The zero-order valence-corrected chi connectivity index (χ0v) is 20.3. The molecule has 1 atom stereocenters. The van der Waals surface area contributed by atoms with Gasteiger partial charge in [0.25, 0.3) is 0 Å². The molecule has 0 saturated carbocycles. The minimum absolute atomic E-state index is 0.116. The van der Waals surface area contributed by atoms with E-state index in [1.807, 2.05) is 6.92 Å². The maximum atomic E-state index is 6.23. The van der Waals surface area contributed by atoms with Crippen molar-refractivity contribution in [3.8, 4) is 0 Å². The molecule has 0 aromatic heterocycles. The summed E-state index contributed by atoms with van der Waals surface area (Å²) in [6.45, 7) is 13.3. The number of hydrogen-bond donors (Lipinski definition) is 0. The van der Waals surface area contributed by atoms with E-state index in [0.717, 1.165) is 32.5 Å². The van der Waals surface area contributed by atoms with Crippen LogP contribution in [0.3, 0.4) is 0 Å². The van der Waals surface area contributed by atoms with Gasteiger partial charge in [-0.05, 0) is 26.7 Å². The fraction of sp³-hybridized carbons (Fsp3) is 1.00. The Hall–Kier alpha value is -0.160. The molecule has 0 aliphatic heterocycles. The van der Waals surface area contributed by atoms with E-state index in [4.69, 9.17) is 18.9 Å². The van der Waals surface area contributed by atoms with Gasteiger partial charge in [0, 0.05) is 13.2 Å². The molecule has 0 spiro atoms. The van der Waals surface area contributed by atoms with E-state index in [1.165, 1.54) is 64.2 Å². The molecule has 0 aromatic rings. The molecule has 176 valence electrons. The molecule has 0 radical (unpaired) electrons. The Kier molecular flexibility index (Phi) is 22.4. The molecule has 0 aromatic carbocycles. The first-order valence-corrected chi connectivity index (χ1v) is 12.6. The van der Waals surface area contributed by atoms with Gasteiger partial charge in [0.05, 0.1) is 38.6 Å². The van der Waals surface area contributed by atoms with E-state index >= 15 is 0 Å². The van der Waals surface area contributed by atoms with Gasteiger partial charge in [0.2, 0.25) is 0 Å². The third-order valence-corrected chi connectivity index (χ3v) is 5.46. The molecule has 0 fully saturated rings. The highest BCUT2D eigenvalue weighted by Gasteiger charge is 2.29. The predicted octanol–water partition coefficient (Wildman–Crippen LogP) is 6.94. The van der Waals surface area contributed by atoms with Crippen molar-refractivity contribution in [1.82, 2.24) is 0 Å². The molecule has 0 heterocycles. The SMILES string of the molecule is CCCCCCCCCCCCC(CCC)(COCCOCCOCC)OCC. The summed E-state index contributed by atoms with van der Waals surface area (Å²) in [6.07, 6.45) is 17.0. The molecule has 4 heteroatoms. The molecule has 0 aliphatic rings. The monoisotopic (exact) mass is 416 g/mol. The van der Waals surface area contributed by atoms with Gasteiger partial charge >= 0.3 is 0 Å². The Morgan fingerprint density at radius 3 is 1.59 bits per heavy atom. The van der Waals surface area contributed by atoms with Gasteiger partial charge in [-0.15, -0.1) is 0 Å². The first kappa shape index (κ1) is 28.8. The fourth-order valence-corrected chi connectivity index (χ4v) is 3.89. The summed E-state index contributed by atoms with van der Waals surface area (Å²) in [5.41, 5.74) is -0.116. The maximum absolute atomic E-state index is 6.23. The van der Waals surface area contributed by atoms with Crippen LogP contribution in [0.25, 0.3) is 0 Å². The standard InChI is InChI=1S/C25H52O4/c1-5-9-10-11-12-13-14-15-16-17-19-25(18-6-2,29-8-4)24-28-23-22-27-21-20-26-7-3/h5-24H2,1-4H3. The van der Waals surface area contributed by atoms with Crippen molar-refractivity contribution in [2.75, 3.05) is 46.2 Å². The van der Waals surface area contributed by atoms with Crippen molar-refractivity contribution in [2.24, 2.45) is 0 Å². The van der Waals surface area contributed by atoms with Gasteiger partial charge in [-0.3, -0.25) is 0 Å². The number of hydrogen-bond acceptors (Lipinski definition) is 4. The highest BCUT2D eigenvalue weighted by molar-refractivity contribution is 4.80. The normalized spacial score (nSPS) is 13.7. The molecule has 0 N–H and O–H groups in total. The largest absolute Gasteiger partial charge is 0.379 e. The van der Waals surface area contributed by atoms with Crippen molar-refractivity contribution >= 4 is 0 Å². The van der Waals surface area contributed by atoms with Crippen LogP contribution in [0.5, 0.6) is 0 Å². The summed E-state index contributed by atoms with van der Waals surface area (Å²) in [5, 5.41) is 0. The average Bonchev–Trinajstić information content (AvgIpc) is 2.72. The van der Waals surface area contributed by atoms with Gasteiger partial charge in [-0.1, -0.05) is 84.5 Å². The fourth-order valence-electron chi connectivity index (χ4n) is 3.89. The minimum atomic E-state index is -0.116. The number of ether oxygens (including phenoxy) is 4. The molecule has 0 rings (SSSR count). The quantitative estimate of drug-likeness (QED) is 0.160. The molecule has 29 heavy (non-hydrogen) atoms. The number of unbranched alkanes of at least 4 members (excludes halogenated alkanes) is 9. The third kappa shape index (κ3) is 18.3. The van der Waals surface area contributed by atoms with Gasteiger partial charge in [0.1, 0.15) is 0 Å². The van der Waals surface area contributed by atoms with Crippen LogP contribution < -0.4 is 0 Å². The highest BCUT2D eigenvalue weighted by atomic mass is 16.6. The summed E-state index contributed by atoms with van der Waals surface area (Å²) >= 11 is 0. The van der Waals surface area contributed by atoms with E-state index in [2.05, 4.69) is 20.8 Å². The Labute approximate surface area is 182 Å². The van der Waals surface area contributed by atoms with Crippen molar-refractivity contribution in [1.29, 1.82) is 0 Å². The van der Waals surface area contributed by atoms with Crippen LogP contribution in [-0.2, 0) is 18.9 Å². The summed E-state index contributed by atoms with van der Waals surface area (Å²) in [7, 11) is 0. The lowest BCUT2D eigenvalue weighted by atomic mass is 9.91. The van der Waals surface area contributed by atoms with Crippen LogP contribution in [0.2, 0.25) is 0 Å². The minimum Gasteiger partial charge on any atom is -0.379 e. The molecule has 0 saturated heterocycles. The van der Waals surface area contributed by atoms with Gasteiger partial charge < -0.3 is 18.9 Å². The van der Waals surface area contributed by atoms with Crippen LogP contribution >= 0.6 is 0 Å². The van der Waals surface area contributed by atoms with Gasteiger partial charge in [0.15, 0.2) is 0 Å². The molecular formula is C25H52O4. The van der Waals surface area contributed by atoms with Gasteiger partial charge in [-0.25, -0.2) is 0 Å². The lowest BCUT2D eigenvalue weighted by molar-refractivity contribution is -0.111. The molecule has 0 aliphatic carbocycles. The first-order valence-electron chi connectivity index (χ1n) is 12.6. The zero-order valence-electron chi connectivity index (χ0n) is 20.3. The maximum Gasteiger partial charge on any atom is 0.0914 e. The molecule has 1 unspecified atom stereocenters. The average molecular weight is 417 g/mol. The summed E-state index contributed by atoms with van der Waals surface area (Å²) in [5.74, 6) is 0. The van der Waals surface area contributed by atoms with Crippen LogP contribution in [-0.4, -0.2) is 51.8 Å². The van der Waals surface area contributed by atoms with Crippen LogP contribution in [0.15, 0.2) is 0 Å². The van der Waals surface area contributed by atoms with Crippen molar-refractivity contribution in [3.63, 3.8) is 0 Å². The Bertz CT molecular complexity index is 303. The number of rotatable bonds is 24. The van der Waals surface area contributed by atoms with Crippen molar-refractivity contribution in [3.05, 3.63) is 0 Å². The molecule has 0 amide bonds. The Balaban J connectivity index is 3.95. The second-order valence-corrected chi connectivity index (χ2v) is 8.16. The van der Waals surface area contributed by atoms with Crippen molar-refractivity contribution in [2.45, 2.75) is 117 Å². The summed E-state index contributed by atoms with van der Waals surface area (Å²) in [4.78, 5) is 0. The second kappa shape index (κ2) is 22.5. The third-order valence-electron chi connectivity index (χ3n) is 5.46. The smallest absolute Gasteiger partial charge is 0.0914 e. The highest BCUT2D eigenvalue weighted by Crippen LogP contribution is 2.27. The lowest BCUT2D eigenvalue weighted by Crippen LogP contribution is -2.38. The zero-order chi connectivity index (χ0) is 21.5. The topological polar surface area (TPSA) is 36.9 Å². The van der Waals surface area contributed by atoms with E-state index in [0.29, 0.717) is 33.0 Å². The van der Waals surface area contributed by atoms with Crippen LogP contribution in [0.4, 0.5) is 0 Å². The first-order chi connectivity index (χ1) is 14.2. The summed E-state index contributed by atoms with van der Waals surface area (Å²) in [6, 6.07) is 0. The van der Waals surface area contributed by atoms with Crippen LogP contribution in [0.1, 0.15) is 111 Å². The second-order valence-electron chi connectivity index (χ2n) is 8.16. The summed E-state index contributed by atoms with van der Waals surface area (Å²) < 4.78 is 23.0. The van der Waals surface area contributed by atoms with Crippen molar-refractivity contribution < 1.29 is 18.9 Å². The molecule has 0 bridgehead atoms. The van der Waals surface area contributed by atoms with E-state index in [1.54, 1.807) is 0 Å².